The number of benzene rings is 2. The quantitative estimate of drug-likeness (QED) is 0.659. The maximum Gasteiger partial charge on any atom is 0.293 e. The second-order valence-corrected chi connectivity index (χ2v) is 5.25. The summed E-state index contributed by atoms with van der Waals surface area (Å²) in [5.41, 5.74) is 1.71. The highest BCUT2D eigenvalue weighted by molar-refractivity contribution is 5.66. The molecule has 0 saturated carbocycles. The van der Waals surface area contributed by atoms with Gasteiger partial charge < -0.3 is 19.0 Å². The molecule has 0 aliphatic heterocycles. The number of rotatable bonds is 7. The number of hydrogen-bond donors (Lipinski definition) is 0. The van der Waals surface area contributed by atoms with Gasteiger partial charge in [0.15, 0.2) is 0 Å². The molecule has 7 heteroatoms. The zero-order valence-corrected chi connectivity index (χ0v) is 16.7. The Bertz CT molecular complexity index is 790. The Labute approximate surface area is 171 Å². The zero-order chi connectivity index (χ0) is 21.9. The van der Waals surface area contributed by atoms with Gasteiger partial charge in [0.05, 0.1) is 39.4 Å². The second kappa shape index (κ2) is 16.3. The lowest BCUT2D eigenvalue weighted by Gasteiger charge is -2.02. The molecule has 1 unspecified atom stereocenters. The summed E-state index contributed by atoms with van der Waals surface area (Å²) in [4.78, 5) is 19.6. The third-order valence-corrected chi connectivity index (χ3v) is 3.43. The number of ether oxygens (including phenoxy) is 3. The molecule has 0 heterocycles. The lowest BCUT2D eigenvalue weighted by molar-refractivity contribution is -0.128. The molecule has 0 spiro atoms. The molecule has 7 nitrogen and oxygen atoms in total. The highest BCUT2D eigenvalue weighted by Crippen LogP contribution is 2.17. The number of hydrogen-bond acceptors (Lipinski definition) is 7. The first-order valence-corrected chi connectivity index (χ1v) is 8.64. The number of carbonyl (C=O) groups excluding carboxylic acids is 2. The van der Waals surface area contributed by atoms with Gasteiger partial charge in [0.25, 0.3) is 6.47 Å². The Kier molecular flexibility index (Phi) is 14.2. The molecule has 2 rings (SSSR count). The zero-order valence-electron chi connectivity index (χ0n) is 16.7. The van der Waals surface area contributed by atoms with Gasteiger partial charge in [0.2, 0.25) is 0 Å². The first-order chi connectivity index (χ1) is 14.1. The Morgan fingerprint density at radius 2 is 1.45 bits per heavy atom. The van der Waals surface area contributed by atoms with Crippen molar-refractivity contribution in [1.82, 2.24) is 0 Å². The molecule has 0 amide bonds. The van der Waals surface area contributed by atoms with Crippen LogP contribution in [-0.2, 0) is 20.7 Å². The summed E-state index contributed by atoms with van der Waals surface area (Å²) < 4.78 is 14.1. The highest BCUT2D eigenvalue weighted by Gasteiger charge is 2.07. The van der Waals surface area contributed by atoms with Crippen LogP contribution in [0.4, 0.5) is 0 Å². The maximum atomic E-state index is 10.4. The number of carbonyl (C=O) groups is 2. The van der Waals surface area contributed by atoms with Gasteiger partial charge in [-0.15, -0.1) is 0 Å². The van der Waals surface area contributed by atoms with Crippen molar-refractivity contribution in [2.45, 2.75) is 19.3 Å². The Morgan fingerprint density at radius 1 is 0.931 bits per heavy atom. The van der Waals surface area contributed by atoms with E-state index >= 15 is 0 Å². The van der Waals surface area contributed by atoms with E-state index in [1.165, 1.54) is 0 Å². The number of aldehydes is 1. The largest absolute Gasteiger partial charge is 0.497 e. The van der Waals surface area contributed by atoms with Gasteiger partial charge in [0, 0.05) is 0 Å². The van der Waals surface area contributed by atoms with Crippen molar-refractivity contribution in [2.75, 3.05) is 20.8 Å². The van der Waals surface area contributed by atoms with E-state index in [1.54, 1.807) is 45.4 Å². The first-order valence-electron chi connectivity index (χ1n) is 8.64. The molecule has 0 saturated heterocycles. The average Bonchev–Trinajstić information content (AvgIpc) is 2.77. The van der Waals surface area contributed by atoms with E-state index in [4.69, 9.17) is 20.0 Å². The minimum Gasteiger partial charge on any atom is -0.497 e. The minimum absolute atomic E-state index is 0.431. The number of nitriles is 2. The topological polar surface area (TPSA) is 109 Å². The van der Waals surface area contributed by atoms with Crippen LogP contribution in [0.3, 0.4) is 0 Å². The SMILES string of the molecule is CCOC=O.COc1ccc(C(C#N)C=O)cc1.COc1ccc(CC#N)cc1. The molecule has 2 aromatic rings. The summed E-state index contributed by atoms with van der Waals surface area (Å²) in [7, 11) is 3.19. The van der Waals surface area contributed by atoms with Gasteiger partial charge in [-0.05, 0) is 42.3 Å². The van der Waals surface area contributed by atoms with Crippen molar-refractivity contribution >= 4 is 12.8 Å². The molecule has 0 fully saturated rings. The normalized spacial score (nSPS) is 9.55. The van der Waals surface area contributed by atoms with Crippen molar-refractivity contribution in [3.8, 4) is 23.6 Å². The van der Waals surface area contributed by atoms with Crippen molar-refractivity contribution in [3.05, 3.63) is 59.7 Å². The van der Waals surface area contributed by atoms with Crippen LogP contribution in [0.2, 0.25) is 0 Å². The van der Waals surface area contributed by atoms with E-state index in [-0.39, 0.29) is 0 Å². The molecular formula is C22H24N2O5. The summed E-state index contributed by atoms with van der Waals surface area (Å²) in [5, 5.41) is 17.0. The maximum absolute atomic E-state index is 10.4. The van der Waals surface area contributed by atoms with Gasteiger partial charge >= 0.3 is 0 Å². The standard InChI is InChI=1S/C10H9NO2.C9H9NO.C3H6O2/c1-13-10-4-2-8(3-5-10)9(6-11)7-12;1-11-9-4-2-8(3-5-9)6-7-10;1-2-5-3-4/h2-5,7,9H,1H3;2-5H,6H2,1H3;3H,2H2,1H3. The summed E-state index contributed by atoms with van der Waals surface area (Å²) in [6, 6.07) is 18.3. The van der Waals surface area contributed by atoms with Gasteiger partial charge in [-0.1, -0.05) is 24.3 Å². The van der Waals surface area contributed by atoms with E-state index in [0.717, 1.165) is 11.3 Å². The molecule has 2 aromatic carbocycles. The van der Waals surface area contributed by atoms with E-state index in [1.807, 2.05) is 30.3 Å². The lowest BCUT2D eigenvalue weighted by Crippen LogP contribution is -1.96. The third-order valence-electron chi connectivity index (χ3n) is 3.43. The second-order valence-electron chi connectivity index (χ2n) is 5.25. The van der Waals surface area contributed by atoms with Crippen molar-refractivity contribution in [2.24, 2.45) is 0 Å². The monoisotopic (exact) mass is 396 g/mol. The fraction of sp³-hybridized carbons (Fsp3) is 0.273. The molecule has 0 aromatic heterocycles. The van der Waals surface area contributed by atoms with E-state index in [0.29, 0.717) is 37.1 Å². The van der Waals surface area contributed by atoms with Crippen LogP contribution in [0.5, 0.6) is 11.5 Å². The van der Waals surface area contributed by atoms with Crippen LogP contribution in [0.25, 0.3) is 0 Å². The van der Waals surface area contributed by atoms with Crippen molar-refractivity contribution < 1.29 is 23.8 Å². The molecule has 1 atom stereocenters. The summed E-state index contributed by atoms with van der Waals surface area (Å²) in [6.45, 7) is 2.66. The van der Waals surface area contributed by atoms with Crippen LogP contribution in [0, 0.1) is 22.7 Å². The minimum atomic E-state index is -0.675. The smallest absolute Gasteiger partial charge is 0.293 e. The van der Waals surface area contributed by atoms with E-state index < -0.39 is 5.92 Å². The van der Waals surface area contributed by atoms with Crippen LogP contribution in [0.1, 0.15) is 24.0 Å². The van der Waals surface area contributed by atoms with Gasteiger partial charge in [0.1, 0.15) is 23.7 Å². The van der Waals surface area contributed by atoms with Crippen molar-refractivity contribution in [1.29, 1.82) is 10.5 Å². The van der Waals surface area contributed by atoms with Crippen LogP contribution >= 0.6 is 0 Å². The van der Waals surface area contributed by atoms with Gasteiger partial charge in [-0.25, -0.2) is 0 Å². The van der Waals surface area contributed by atoms with Gasteiger partial charge in [-0.3, -0.25) is 4.79 Å². The summed E-state index contributed by atoms with van der Waals surface area (Å²) in [5.74, 6) is 0.865. The Balaban J connectivity index is 0.000000445. The average molecular weight is 396 g/mol. The Hall–Kier alpha value is -3.84. The molecule has 0 bridgehead atoms. The molecule has 0 aliphatic rings. The molecular weight excluding hydrogens is 372 g/mol. The molecule has 0 aliphatic carbocycles. The molecule has 152 valence electrons. The summed E-state index contributed by atoms with van der Waals surface area (Å²) in [6.07, 6.45) is 1.09. The molecule has 0 N–H and O–H groups in total. The summed E-state index contributed by atoms with van der Waals surface area (Å²) >= 11 is 0. The van der Waals surface area contributed by atoms with Crippen LogP contribution < -0.4 is 9.47 Å². The molecule has 29 heavy (non-hydrogen) atoms. The van der Waals surface area contributed by atoms with Gasteiger partial charge in [-0.2, -0.15) is 10.5 Å². The highest BCUT2D eigenvalue weighted by atomic mass is 16.5. The first kappa shape index (κ1) is 25.2. The number of methoxy groups -OCH3 is 2. The van der Waals surface area contributed by atoms with E-state index in [9.17, 15) is 9.59 Å². The fourth-order valence-electron chi connectivity index (χ4n) is 1.90. The van der Waals surface area contributed by atoms with Crippen LogP contribution in [-0.4, -0.2) is 33.6 Å². The fourth-order valence-corrected chi connectivity index (χ4v) is 1.90. The van der Waals surface area contributed by atoms with Crippen LogP contribution in [0.15, 0.2) is 48.5 Å². The van der Waals surface area contributed by atoms with Crippen molar-refractivity contribution in [3.63, 3.8) is 0 Å². The third kappa shape index (κ3) is 10.8. The number of nitrogens with zero attached hydrogens (tertiary/aromatic N) is 2. The predicted molar refractivity (Wildman–Crippen MR) is 107 cm³/mol. The van der Waals surface area contributed by atoms with E-state index in [2.05, 4.69) is 10.8 Å². The molecule has 0 radical (unpaired) electrons. The predicted octanol–water partition coefficient (Wildman–Crippen LogP) is 3.44. The Morgan fingerprint density at radius 3 is 1.76 bits per heavy atom. The lowest BCUT2D eigenvalue weighted by atomic mass is 10.0.